The summed E-state index contributed by atoms with van der Waals surface area (Å²) < 4.78 is 0. The van der Waals surface area contributed by atoms with E-state index in [1.54, 1.807) is 6.92 Å². The first-order valence-electron chi connectivity index (χ1n) is 6.77. The number of carboxylic acid groups (broad SMARTS) is 1. The third-order valence-corrected chi connectivity index (χ3v) is 3.84. The average Bonchev–Trinajstić information content (AvgIpc) is 2.37. The zero-order valence-electron chi connectivity index (χ0n) is 11.3. The van der Waals surface area contributed by atoms with Gasteiger partial charge in [-0.25, -0.2) is 9.59 Å². The van der Waals surface area contributed by atoms with Crippen molar-refractivity contribution in [3.63, 3.8) is 0 Å². The quantitative estimate of drug-likeness (QED) is 0.705. The van der Waals surface area contributed by atoms with E-state index in [0.29, 0.717) is 18.9 Å². The van der Waals surface area contributed by atoms with Crippen molar-refractivity contribution in [1.82, 2.24) is 10.6 Å². The molecule has 1 aliphatic rings. The number of hydrogen-bond donors (Lipinski definition) is 3. The van der Waals surface area contributed by atoms with Crippen LogP contribution in [0.25, 0.3) is 0 Å². The Balaban J connectivity index is 2.34. The molecule has 0 heterocycles. The molecule has 0 spiro atoms. The van der Waals surface area contributed by atoms with Crippen LogP contribution in [0.15, 0.2) is 0 Å². The number of amides is 2. The Morgan fingerprint density at radius 1 is 1.28 bits per heavy atom. The van der Waals surface area contributed by atoms with Crippen molar-refractivity contribution < 1.29 is 14.7 Å². The van der Waals surface area contributed by atoms with E-state index >= 15 is 0 Å². The summed E-state index contributed by atoms with van der Waals surface area (Å²) >= 11 is 0. The number of nitrogens with one attached hydrogen (secondary N) is 2. The lowest BCUT2D eigenvalue weighted by atomic mass is 9.89. The Labute approximate surface area is 108 Å². The minimum absolute atomic E-state index is 0.360. The van der Waals surface area contributed by atoms with Crippen LogP contribution in [-0.4, -0.2) is 29.2 Å². The maximum absolute atomic E-state index is 11.7. The monoisotopic (exact) mass is 256 g/mol. The Kier molecular flexibility index (Phi) is 5.44. The van der Waals surface area contributed by atoms with Crippen LogP contribution in [0.5, 0.6) is 0 Å². The molecule has 0 radical (unpaired) electrons. The molecule has 2 amide bonds. The van der Waals surface area contributed by atoms with Gasteiger partial charge in [0.15, 0.2) is 0 Å². The molecule has 1 unspecified atom stereocenters. The predicted molar refractivity (Wildman–Crippen MR) is 69.4 cm³/mol. The summed E-state index contributed by atoms with van der Waals surface area (Å²) in [5, 5.41) is 14.4. The van der Waals surface area contributed by atoms with Gasteiger partial charge in [0.1, 0.15) is 5.54 Å². The largest absolute Gasteiger partial charge is 0.480 e. The third-order valence-electron chi connectivity index (χ3n) is 3.84. The first-order valence-corrected chi connectivity index (χ1v) is 6.77. The second-order valence-corrected chi connectivity index (χ2v) is 5.33. The maximum atomic E-state index is 11.7. The van der Waals surface area contributed by atoms with E-state index in [1.807, 2.05) is 0 Å². The summed E-state index contributed by atoms with van der Waals surface area (Å²) in [4.78, 5) is 22.7. The number of urea groups is 1. The highest BCUT2D eigenvalue weighted by Crippen LogP contribution is 2.22. The number of rotatable bonds is 5. The molecule has 0 aromatic carbocycles. The zero-order chi connectivity index (χ0) is 13.6. The van der Waals surface area contributed by atoms with Crippen molar-refractivity contribution in [3.8, 4) is 0 Å². The number of carbonyl (C=O) groups excluding carboxylic acids is 1. The minimum Gasteiger partial charge on any atom is -0.480 e. The lowest BCUT2D eigenvalue weighted by Gasteiger charge is -2.26. The molecule has 0 saturated heterocycles. The van der Waals surface area contributed by atoms with Crippen molar-refractivity contribution in [2.45, 2.75) is 57.9 Å². The van der Waals surface area contributed by atoms with Crippen LogP contribution >= 0.6 is 0 Å². The van der Waals surface area contributed by atoms with E-state index in [2.05, 4.69) is 10.6 Å². The number of hydrogen-bond acceptors (Lipinski definition) is 2. The fourth-order valence-electron chi connectivity index (χ4n) is 2.22. The highest BCUT2D eigenvalue weighted by atomic mass is 16.4. The van der Waals surface area contributed by atoms with Crippen LogP contribution in [0.3, 0.4) is 0 Å². The molecule has 0 aliphatic heterocycles. The van der Waals surface area contributed by atoms with Crippen molar-refractivity contribution in [2.24, 2.45) is 5.92 Å². The van der Waals surface area contributed by atoms with Crippen LogP contribution in [0.2, 0.25) is 0 Å². The van der Waals surface area contributed by atoms with Crippen molar-refractivity contribution in [1.29, 1.82) is 0 Å². The predicted octanol–water partition coefficient (Wildman–Crippen LogP) is 2.12. The summed E-state index contributed by atoms with van der Waals surface area (Å²) in [6, 6.07) is -0.382. The first-order chi connectivity index (χ1) is 8.48. The van der Waals surface area contributed by atoms with Gasteiger partial charge < -0.3 is 15.7 Å². The molecule has 1 saturated carbocycles. The van der Waals surface area contributed by atoms with Gasteiger partial charge in [0.25, 0.3) is 0 Å². The molecule has 5 nitrogen and oxygen atoms in total. The summed E-state index contributed by atoms with van der Waals surface area (Å²) in [5.41, 5.74) is -1.18. The SMILES string of the molecule is CCC(C)(NC(=O)NCC1CCCCC1)C(=O)O. The molecular weight excluding hydrogens is 232 g/mol. The first kappa shape index (κ1) is 14.8. The van der Waals surface area contributed by atoms with Gasteiger partial charge in [-0.3, -0.25) is 0 Å². The molecule has 5 heteroatoms. The van der Waals surface area contributed by atoms with E-state index in [-0.39, 0.29) is 6.03 Å². The van der Waals surface area contributed by atoms with Crippen molar-refractivity contribution >= 4 is 12.0 Å². The van der Waals surface area contributed by atoms with Gasteiger partial charge in [-0.15, -0.1) is 0 Å². The van der Waals surface area contributed by atoms with Crippen LogP contribution < -0.4 is 10.6 Å². The lowest BCUT2D eigenvalue weighted by Crippen LogP contribution is -2.55. The maximum Gasteiger partial charge on any atom is 0.329 e. The Morgan fingerprint density at radius 3 is 2.39 bits per heavy atom. The molecule has 18 heavy (non-hydrogen) atoms. The number of carbonyl (C=O) groups is 2. The van der Waals surface area contributed by atoms with Crippen molar-refractivity contribution in [2.75, 3.05) is 6.54 Å². The molecule has 0 aromatic heterocycles. The molecule has 104 valence electrons. The molecule has 1 fully saturated rings. The number of carboxylic acids is 1. The third kappa shape index (κ3) is 4.20. The zero-order valence-corrected chi connectivity index (χ0v) is 11.3. The van der Waals surface area contributed by atoms with E-state index < -0.39 is 11.5 Å². The van der Waals surface area contributed by atoms with Crippen molar-refractivity contribution in [3.05, 3.63) is 0 Å². The highest BCUT2D eigenvalue weighted by Gasteiger charge is 2.32. The van der Waals surface area contributed by atoms with Crippen LogP contribution in [0, 0.1) is 5.92 Å². The Bertz CT molecular complexity index is 301. The van der Waals surface area contributed by atoms with E-state index in [9.17, 15) is 9.59 Å². The standard InChI is InChI=1S/C13H24N2O3/c1-3-13(2,11(16)17)15-12(18)14-9-10-7-5-4-6-8-10/h10H,3-9H2,1-2H3,(H,16,17)(H2,14,15,18). The summed E-state index contributed by atoms with van der Waals surface area (Å²) in [5.74, 6) is -0.458. The molecule has 1 rings (SSSR count). The van der Waals surface area contributed by atoms with Gasteiger partial charge in [-0.2, -0.15) is 0 Å². The molecule has 1 aliphatic carbocycles. The second-order valence-electron chi connectivity index (χ2n) is 5.33. The van der Waals surface area contributed by atoms with E-state index in [4.69, 9.17) is 5.11 Å². The summed E-state index contributed by atoms with van der Waals surface area (Å²) in [7, 11) is 0. The molecule has 3 N–H and O–H groups in total. The second kappa shape index (κ2) is 6.61. The van der Waals surface area contributed by atoms with Crippen LogP contribution in [-0.2, 0) is 4.79 Å². The minimum atomic E-state index is -1.18. The van der Waals surface area contributed by atoms with Gasteiger partial charge in [-0.05, 0) is 32.1 Å². The van der Waals surface area contributed by atoms with Gasteiger partial charge in [0, 0.05) is 6.54 Å². The van der Waals surface area contributed by atoms with E-state index in [0.717, 1.165) is 12.8 Å². The summed E-state index contributed by atoms with van der Waals surface area (Å²) in [6.45, 7) is 3.91. The highest BCUT2D eigenvalue weighted by molar-refractivity contribution is 5.85. The molecular formula is C13H24N2O3. The summed E-state index contributed by atoms with van der Waals surface area (Å²) in [6.07, 6.45) is 6.43. The lowest BCUT2D eigenvalue weighted by molar-refractivity contribution is -0.143. The smallest absolute Gasteiger partial charge is 0.329 e. The van der Waals surface area contributed by atoms with Gasteiger partial charge in [-0.1, -0.05) is 26.2 Å². The fraction of sp³-hybridized carbons (Fsp3) is 0.846. The Morgan fingerprint density at radius 2 is 1.89 bits per heavy atom. The topological polar surface area (TPSA) is 78.4 Å². The normalized spacial score (nSPS) is 19.9. The van der Waals surface area contributed by atoms with Gasteiger partial charge in [0.2, 0.25) is 0 Å². The number of aliphatic carboxylic acids is 1. The average molecular weight is 256 g/mol. The van der Waals surface area contributed by atoms with E-state index in [1.165, 1.54) is 26.2 Å². The van der Waals surface area contributed by atoms with Crippen LogP contribution in [0.1, 0.15) is 52.4 Å². The van der Waals surface area contributed by atoms with Crippen LogP contribution in [0.4, 0.5) is 4.79 Å². The van der Waals surface area contributed by atoms with Gasteiger partial charge in [0.05, 0.1) is 0 Å². The molecule has 0 aromatic rings. The Hall–Kier alpha value is -1.26. The molecule has 1 atom stereocenters. The van der Waals surface area contributed by atoms with Gasteiger partial charge >= 0.3 is 12.0 Å². The fourth-order valence-corrected chi connectivity index (χ4v) is 2.22. The molecule has 0 bridgehead atoms.